The van der Waals surface area contributed by atoms with E-state index in [9.17, 15) is 0 Å². The zero-order chi connectivity index (χ0) is 14.4. The Morgan fingerprint density at radius 3 is 2.65 bits per heavy atom. The minimum absolute atomic E-state index is 0.658. The summed E-state index contributed by atoms with van der Waals surface area (Å²) in [7, 11) is 0. The quantitative estimate of drug-likeness (QED) is 0.875. The van der Waals surface area contributed by atoms with Crippen LogP contribution in [-0.4, -0.2) is 23.1 Å². The van der Waals surface area contributed by atoms with Gasteiger partial charge in [-0.1, -0.05) is 12.1 Å². The topological polar surface area (TPSA) is 55.0 Å². The second-order valence-electron chi connectivity index (χ2n) is 4.85. The summed E-state index contributed by atoms with van der Waals surface area (Å²) < 4.78 is 0. The number of pyridine rings is 2. The minimum Gasteiger partial charge on any atom is -0.351 e. The molecule has 2 N–H and O–H groups in total. The lowest BCUT2D eigenvalue weighted by Crippen LogP contribution is -2.23. The van der Waals surface area contributed by atoms with Gasteiger partial charge in [-0.15, -0.1) is 0 Å². The first-order valence-corrected chi connectivity index (χ1v) is 7.05. The maximum atomic E-state index is 5.55. The molecule has 0 aliphatic carbocycles. The van der Waals surface area contributed by atoms with Crippen LogP contribution in [0.5, 0.6) is 0 Å². The number of aromatic nitrogens is 2. The van der Waals surface area contributed by atoms with Gasteiger partial charge in [0.15, 0.2) is 0 Å². The fourth-order valence-electron chi connectivity index (χ4n) is 2.16. The molecule has 0 aromatic carbocycles. The molecule has 0 atom stereocenters. The van der Waals surface area contributed by atoms with E-state index in [-0.39, 0.29) is 0 Å². The van der Waals surface area contributed by atoms with Crippen molar-refractivity contribution >= 4 is 5.82 Å². The van der Waals surface area contributed by atoms with Gasteiger partial charge in [-0.3, -0.25) is 4.98 Å². The molecule has 4 nitrogen and oxygen atoms in total. The van der Waals surface area contributed by atoms with Crippen LogP contribution in [0, 0.1) is 6.92 Å². The zero-order valence-electron chi connectivity index (χ0n) is 12.2. The van der Waals surface area contributed by atoms with Gasteiger partial charge in [0.2, 0.25) is 0 Å². The van der Waals surface area contributed by atoms with E-state index in [2.05, 4.69) is 40.0 Å². The third kappa shape index (κ3) is 3.78. The molecule has 0 bridgehead atoms. The molecule has 0 radical (unpaired) electrons. The molecule has 2 heterocycles. The first-order chi connectivity index (χ1) is 9.72. The maximum Gasteiger partial charge on any atom is 0.128 e. The predicted molar refractivity (Wildman–Crippen MR) is 82.7 cm³/mol. The van der Waals surface area contributed by atoms with Crippen molar-refractivity contribution < 1.29 is 0 Å². The average molecular weight is 270 g/mol. The van der Waals surface area contributed by atoms with E-state index in [1.54, 1.807) is 0 Å². The van der Waals surface area contributed by atoms with E-state index >= 15 is 0 Å². The van der Waals surface area contributed by atoms with Gasteiger partial charge in [-0.05, 0) is 50.6 Å². The van der Waals surface area contributed by atoms with Crippen LogP contribution in [0.3, 0.4) is 0 Å². The van der Waals surface area contributed by atoms with Gasteiger partial charge in [0.25, 0.3) is 0 Å². The molecule has 106 valence electrons. The smallest absolute Gasteiger partial charge is 0.128 e. The molecule has 4 heteroatoms. The van der Waals surface area contributed by atoms with Gasteiger partial charge < -0.3 is 10.6 Å². The highest BCUT2D eigenvalue weighted by Gasteiger charge is 2.07. The summed E-state index contributed by atoms with van der Waals surface area (Å²) in [5.74, 6) is 0.983. The Kier molecular flexibility index (Phi) is 5.07. The normalized spacial score (nSPS) is 10.6. The molecule has 0 amide bonds. The van der Waals surface area contributed by atoms with E-state index in [4.69, 9.17) is 5.73 Å². The highest BCUT2D eigenvalue weighted by atomic mass is 15.2. The first-order valence-electron chi connectivity index (χ1n) is 7.05. The Morgan fingerprint density at radius 2 is 2.05 bits per heavy atom. The Labute approximate surface area is 120 Å². The monoisotopic (exact) mass is 270 g/mol. The van der Waals surface area contributed by atoms with E-state index < -0.39 is 0 Å². The number of hydrogen-bond donors (Lipinski definition) is 1. The van der Waals surface area contributed by atoms with Crippen molar-refractivity contribution in [2.45, 2.75) is 26.8 Å². The molecule has 0 fully saturated rings. The second-order valence-corrected chi connectivity index (χ2v) is 4.85. The van der Waals surface area contributed by atoms with Gasteiger partial charge in [-0.2, -0.15) is 0 Å². The van der Waals surface area contributed by atoms with Crippen LogP contribution in [0.4, 0.5) is 5.82 Å². The third-order valence-electron chi connectivity index (χ3n) is 3.25. The van der Waals surface area contributed by atoms with Crippen LogP contribution in [0.25, 0.3) is 0 Å². The maximum absolute atomic E-state index is 5.55. The van der Waals surface area contributed by atoms with E-state index in [1.807, 2.05) is 25.3 Å². The lowest BCUT2D eigenvalue weighted by molar-refractivity contribution is 0.789. The SMILES string of the molecule is CCN(Cc1cccc(C)n1)c1ccc(CCN)cn1. The summed E-state index contributed by atoms with van der Waals surface area (Å²) >= 11 is 0. The number of aryl methyl sites for hydroxylation is 1. The molecule has 0 saturated carbocycles. The Balaban J connectivity index is 2.11. The highest BCUT2D eigenvalue weighted by Crippen LogP contribution is 2.14. The van der Waals surface area contributed by atoms with Crippen molar-refractivity contribution in [3.63, 3.8) is 0 Å². The molecule has 0 aliphatic rings. The van der Waals surface area contributed by atoms with Gasteiger partial charge in [0.05, 0.1) is 12.2 Å². The Hall–Kier alpha value is -1.94. The summed E-state index contributed by atoms with van der Waals surface area (Å²) in [5.41, 5.74) is 8.85. The molecular weight excluding hydrogens is 248 g/mol. The van der Waals surface area contributed by atoms with Crippen molar-refractivity contribution in [2.24, 2.45) is 5.73 Å². The first kappa shape index (κ1) is 14.5. The zero-order valence-corrected chi connectivity index (χ0v) is 12.2. The van der Waals surface area contributed by atoms with Gasteiger partial charge in [0.1, 0.15) is 5.82 Å². The molecule has 0 aliphatic heterocycles. The lowest BCUT2D eigenvalue weighted by Gasteiger charge is -2.21. The van der Waals surface area contributed by atoms with E-state index in [1.165, 1.54) is 5.56 Å². The van der Waals surface area contributed by atoms with Crippen LogP contribution in [-0.2, 0) is 13.0 Å². The van der Waals surface area contributed by atoms with Crippen molar-refractivity contribution in [3.05, 3.63) is 53.5 Å². The molecule has 0 spiro atoms. The minimum atomic E-state index is 0.658. The fourth-order valence-corrected chi connectivity index (χ4v) is 2.16. The summed E-state index contributed by atoms with van der Waals surface area (Å²) in [4.78, 5) is 11.3. The largest absolute Gasteiger partial charge is 0.351 e. The third-order valence-corrected chi connectivity index (χ3v) is 3.25. The predicted octanol–water partition coefficient (Wildman–Crippen LogP) is 2.31. The molecular formula is C16H22N4. The summed E-state index contributed by atoms with van der Waals surface area (Å²) in [6, 6.07) is 10.3. The van der Waals surface area contributed by atoms with Crippen molar-refractivity contribution in [2.75, 3.05) is 18.0 Å². The van der Waals surface area contributed by atoms with E-state index in [0.717, 1.165) is 36.7 Å². The summed E-state index contributed by atoms with van der Waals surface area (Å²) in [6.07, 6.45) is 2.79. The van der Waals surface area contributed by atoms with Crippen LogP contribution in [0.15, 0.2) is 36.5 Å². The van der Waals surface area contributed by atoms with Crippen LogP contribution in [0.1, 0.15) is 23.9 Å². The number of nitrogens with zero attached hydrogens (tertiary/aromatic N) is 3. The molecule has 2 rings (SSSR count). The average Bonchev–Trinajstić information content (AvgIpc) is 2.46. The Bertz CT molecular complexity index is 536. The lowest BCUT2D eigenvalue weighted by atomic mass is 10.2. The van der Waals surface area contributed by atoms with Gasteiger partial charge in [0, 0.05) is 18.4 Å². The van der Waals surface area contributed by atoms with Crippen molar-refractivity contribution in [1.82, 2.24) is 9.97 Å². The summed E-state index contributed by atoms with van der Waals surface area (Å²) in [5, 5.41) is 0. The molecule has 2 aromatic heterocycles. The van der Waals surface area contributed by atoms with Crippen LogP contribution in [0.2, 0.25) is 0 Å². The fraction of sp³-hybridized carbons (Fsp3) is 0.375. The number of nitrogens with two attached hydrogens (primary N) is 1. The van der Waals surface area contributed by atoms with Crippen LogP contribution >= 0.6 is 0 Å². The second kappa shape index (κ2) is 7.01. The van der Waals surface area contributed by atoms with Gasteiger partial charge >= 0.3 is 0 Å². The summed E-state index contributed by atoms with van der Waals surface area (Å²) in [6.45, 7) is 6.48. The van der Waals surface area contributed by atoms with E-state index in [0.29, 0.717) is 6.54 Å². The van der Waals surface area contributed by atoms with Crippen molar-refractivity contribution in [3.8, 4) is 0 Å². The highest BCUT2D eigenvalue weighted by molar-refractivity contribution is 5.39. The number of hydrogen-bond acceptors (Lipinski definition) is 4. The molecule has 0 saturated heterocycles. The molecule has 20 heavy (non-hydrogen) atoms. The number of anilines is 1. The molecule has 0 unspecified atom stereocenters. The molecule has 2 aromatic rings. The van der Waals surface area contributed by atoms with Gasteiger partial charge in [-0.25, -0.2) is 4.98 Å². The number of rotatable bonds is 6. The van der Waals surface area contributed by atoms with Crippen molar-refractivity contribution in [1.29, 1.82) is 0 Å². The Morgan fingerprint density at radius 1 is 1.20 bits per heavy atom. The van der Waals surface area contributed by atoms with Crippen LogP contribution < -0.4 is 10.6 Å². The standard InChI is InChI=1S/C16H22N4/c1-3-20(12-15-6-4-5-13(2)19-15)16-8-7-14(9-10-17)11-18-16/h4-8,11H,3,9-10,12,17H2,1-2H3.